The second-order valence-electron chi connectivity index (χ2n) is 4.40. The van der Waals surface area contributed by atoms with Crippen LogP contribution >= 0.6 is 11.3 Å². The number of anilines is 1. The van der Waals surface area contributed by atoms with Gasteiger partial charge in [-0.2, -0.15) is 16.3 Å². The summed E-state index contributed by atoms with van der Waals surface area (Å²) >= 11 is 1.57. The summed E-state index contributed by atoms with van der Waals surface area (Å²) in [6.07, 6.45) is 1.38. The van der Waals surface area contributed by atoms with Gasteiger partial charge in [0.05, 0.1) is 6.10 Å². The van der Waals surface area contributed by atoms with Crippen LogP contribution in [-0.2, 0) is 0 Å². The highest BCUT2D eigenvalue weighted by atomic mass is 32.1. The molecule has 3 rings (SSSR count). The molecular weight excluding hydrogens is 260 g/mol. The van der Waals surface area contributed by atoms with E-state index in [0.29, 0.717) is 12.5 Å². The van der Waals surface area contributed by atoms with Crippen LogP contribution in [0, 0.1) is 6.92 Å². The van der Waals surface area contributed by atoms with Crippen LogP contribution in [-0.4, -0.2) is 26.2 Å². The maximum Gasteiger partial charge on any atom is 0.243 e. The van der Waals surface area contributed by atoms with Gasteiger partial charge in [-0.15, -0.1) is 5.10 Å². The van der Waals surface area contributed by atoms with Gasteiger partial charge in [-0.1, -0.05) is 6.07 Å². The normalized spacial score (nSPS) is 12.7. The number of hydrogen-bond acceptors (Lipinski definition) is 5. The summed E-state index contributed by atoms with van der Waals surface area (Å²) in [5.41, 5.74) is 2.83. The number of pyridine rings is 1. The van der Waals surface area contributed by atoms with Crippen LogP contribution < -0.4 is 5.32 Å². The van der Waals surface area contributed by atoms with Crippen LogP contribution in [0.1, 0.15) is 17.2 Å². The highest BCUT2D eigenvalue weighted by Gasteiger charge is 2.09. The molecule has 0 saturated carbocycles. The average Bonchev–Trinajstić information content (AvgIpc) is 3.04. The van der Waals surface area contributed by atoms with Crippen molar-refractivity contribution in [1.82, 2.24) is 14.6 Å². The molecule has 0 saturated heterocycles. The molecule has 3 heterocycles. The zero-order valence-electron chi connectivity index (χ0n) is 10.4. The van der Waals surface area contributed by atoms with Crippen molar-refractivity contribution in [2.24, 2.45) is 0 Å². The maximum absolute atomic E-state index is 9.97. The van der Waals surface area contributed by atoms with Crippen molar-refractivity contribution in [1.29, 1.82) is 0 Å². The molecule has 0 aromatic carbocycles. The number of hydrogen-bond donors (Lipinski definition) is 2. The molecule has 0 aliphatic rings. The second kappa shape index (κ2) is 4.99. The van der Waals surface area contributed by atoms with E-state index < -0.39 is 6.10 Å². The van der Waals surface area contributed by atoms with E-state index in [0.717, 1.165) is 16.8 Å². The first-order valence-electron chi connectivity index (χ1n) is 5.99. The summed E-state index contributed by atoms with van der Waals surface area (Å²) < 4.78 is 1.73. The summed E-state index contributed by atoms with van der Waals surface area (Å²) in [6, 6.07) is 5.83. The van der Waals surface area contributed by atoms with Crippen LogP contribution in [0.4, 0.5) is 5.95 Å². The molecule has 0 aliphatic heterocycles. The summed E-state index contributed by atoms with van der Waals surface area (Å²) in [5.74, 6) is 0.528. The molecule has 3 aromatic rings. The van der Waals surface area contributed by atoms with Gasteiger partial charge in [0, 0.05) is 12.7 Å². The number of aromatic nitrogens is 3. The van der Waals surface area contributed by atoms with Crippen LogP contribution in [0.25, 0.3) is 5.65 Å². The lowest BCUT2D eigenvalue weighted by molar-refractivity contribution is 0.192. The van der Waals surface area contributed by atoms with Crippen molar-refractivity contribution < 1.29 is 5.11 Å². The monoisotopic (exact) mass is 274 g/mol. The zero-order chi connectivity index (χ0) is 13.2. The first kappa shape index (κ1) is 12.1. The fraction of sp³-hybridized carbons (Fsp3) is 0.231. The third kappa shape index (κ3) is 2.59. The quantitative estimate of drug-likeness (QED) is 0.766. The van der Waals surface area contributed by atoms with Gasteiger partial charge in [0.2, 0.25) is 5.95 Å². The number of aryl methyl sites for hydroxylation is 1. The molecule has 19 heavy (non-hydrogen) atoms. The molecule has 3 aromatic heterocycles. The Hall–Kier alpha value is -1.92. The topological polar surface area (TPSA) is 62.5 Å². The number of thiophene rings is 1. The molecule has 0 bridgehead atoms. The molecule has 6 heteroatoms. The maximum atomic E-state index is 9.97. The molecule has 98 valence electrons. The average molecular weight is 274 g/mol. The number of aliphatic hydroxyl groups excluding tert-OH is 1. The number of nitrogens with zero attached hydrogens (tertiary/aromatic N) is 3. The molecule has 5 nitrogen and oxygen atoms in total. The lowest BCUT2D eigenvalue weighted by Gasteiger charge is -2.08. The van der Waals surface area contributed by atoms with Gasteiger partial charge in [-0.05, 0) is 40.9 Å². The molecular formula is C13H14N4OS. The predicted octanol–water partition coefficient (Wildman–Crippen LogP) is 2.24. The van der Waals surface area contributed by atoms with Crippen LogP contribution in [0.15, 0.2) is 35.2 Å². The molecule has 1 atom stereocenters. The third-order valence-corrected chi connectivity index (χ3v) is 3.56. The number of rotatable bonds is 4. The number of nitrogens with one attached hydrogen (secondary N) is 1. The predicted molar refractivity (Wildman–Crippen MR) is 75.5 cm³/mol. The Morgan fingerprint density at radius 1 is 1.42 bits per heavy atom. The van der Waals surface area contributed by atoms with Crippen molar-refractivity contribution in [3.8, 4) is 0 Å². The molecule has 0 aliphatic carbocycles. The largest absolute Gasteiger partial charge is 0.387 e. The van der Waals surface area contributed by atoms with Crippen LogP contribution in [0.5, 0.6) is 0 Å². The zero-order valence-corrected chi connectivity index (χ0v) is 11.3. The van der Waals surface area contributed by atoms with Crippen molar-refractivity contribution in [3.63, 3.8) is 0 Å². The van der Waals surface area contributed by atoms with Gasteiger partial charge in [0.15, 0.2) is 5.65 Å². The van der Waals surface area contributed by atoms with E-state index in [1.54, 1.807) is 15.9 Å². The SMILES string of the molecule is Cc1ccc2nc(NCC(O)c3ccsc3)nn2c1. The highest BCUT2D eigenvalue weighted by Crippen LogP contribution is 2.16. The summed E-state index contributed by atoms with van der Waals surface area (Å²) in [4.78, 5) is 4.34. The Bertz CT molecular complexity index is 677. The van der Waals surface area contributed by atoms with Crippen LogP contribution in [0.3, 0.4) is 0 Å². The fourth-order valence-electron chi connectivity index (χ4n) is 1.83. The Morgan fingerprint density at radius 2 is 2.32 bits per heavy atom. The summed E-state index contributed by atoms with van der Waals surface area (Å²) in [6.45, 7) is 2.40. The van der Waals surface area contributed by atoms with E-state index in [1.807, 2.05) is 42.1 Å². The molecule has 0 fully saturated rings. The lowest BCUT2D eigenvalue weighted by Crippen LogP contribution is -2.12. The minimum absolute atomic E-state index is 0.395. The Kier molecular flexibility index (Phi) is 3.18. The fourth-order valence-corrected chi connectivity index (χ4v) is 2.54. The van der Waals surface area contributed by atoms with Crippen molar-refractivity contribution >= 4 is 22.9 Å². The van der Waals surface area contributed by atoms with E-state index in [2.05, 4.69) is 15.4 Å². The summed E-state index contributed by atoms with van der Waals surface area (Å²) in [7, 11) is 0. The molecule has 1 unspecified atom stereocenters. The first-order chi connectivity index (χ1) is 9.22. The highest BCUT2D eigenvalue weighted by molar-refractivity contribution is 7.07. The smallest absolute Gasteiger partial charge is 0.243 e. The summed E-state index contributed by atoms with van der Waals surface area (Å²) in [5, 5.41) is 21.2. The lowest BCUT2D eigenvalue weighted by atomic mass is 10.2. The van der Waals surface area contributed by atoms with E-state index in [9.17, 15) is 5.11 Å². The Labute approximate surface area is 114 Å². The minimum atomic E-state index is -0.542. The van der Waals surface area contributed by atoms with E-state index >= 15 is 0 Å². The van der Waals surface area contributed by atoms with E-state index in [-0.39, 0.29) is 0 Å². The standard InChI is InChI=1S/C13H14N4OS/c1-9-2-3-12-15-13(16-17(12)7-9)14-6-11(18)10-4-5-19-8-10/h2-5,7-8,11,18H,6H2,1H3,(H,14,16). The third-order valence-electron chi connectivity index (χ3n) is 2.86. The number of fused-ring (bicyclic) bond motifs is 1. The molecule has 2 N–H and O–H groups in total. The molecule has 0 amide bonds. The first-order valence-corrected chi connectivity index (χ1v) is 6.94. The second-order valence-corrected chi connectivity index (χ2v) is 5.18. The van der Waals surface area contributed by atoms with Crippen molar-refractivity contribution in [3.05, 3.63) is 46.3 Å². The van der Waals surface area contributed by atoms with Gasteiger partial charge in [0.25, 0.3) is 0 Å². The van der Waals surface area contributed by atoms with Gasteiger partial charge >= 0.3 is 0 Å². The van der Waals surface area contributed by atoms with Gasteiger partial charge in [0.1, 0.15) is 0 Å². The number of aliphatic hydroxyl groups is 1. The molecule has 0 radical (unpaired) electrons. The van der Waals surface area contributed by atoms with Gasteiger partial charge in [-0.3, -0.25) is 0 Å². The minimum Gasteiger partial charge on any atom is -0.387 e. The van der Waals surface area contributed by atoms with Crippen LogP contribution in [0.2, 0.25) is 0 Å². The van der Waals surface area contributed by atoms with Gasteiger partial charge < -0.3 is 10.4 Å². The Balaban J connectivity index is 1.71. The van der Waals surface area contributed by atoms with Crippen molar-refractivity contribution in [2.75, 3.05) is 11.9 Å². The van der Waals surface area contributed by atoms with Crippen molar-refractivity contribution in [2.45, 2.75) is 13.0 Å². The Morgan fingerprint density at radius 3 is 3.11 bits per heavy atom. The van der Waals surface area contributed by atoms with Gasteiger partial charge in [-0.25, -0.2) is 4.52 Å². The molecule has 0 spiro atoms. The van der Waals surface area contributed by atoms with E-state index in [4.69, 9.17) is 0 Å². The van der Waals surface area contributed by atoms with E-state index in [1.165, 1.54) is 0 Å².